The van der Waals surface area contributed by atoms with E-state index in [1.54, 1.807) is 29.8 Å². The van der Waals surface area contributed by atoms with Crippen LogP contribution in [0.15, 0.2) is 40.5 Å². The number of thiophene rings is 1. The Hall–Kier alpha value is -2.71. The number of aromatic nitrogens is 1. The Bertz CT molecular complexity index is 980. The van der Waals surface area contributed by atoms with Gasteiger partial charge in [-0.25, -0.2) is 9.78 Å². The van der Waals surface area contributed by atoms with Crippen LogP contribution >= 0.6 is 22.7 Å². The highest BCUT2D eigenvalue weighted by atomic mass is 32.1. The summed E-state index contributed by atoms with van der Waals surface area (Å²) < 4.78 is 10.6. The third kappa shape index (κ3) is 5.42. The van der Waals surface area contributed by atoms with Gasteiger partial charge in [-0.2, -0.15) is 0 Å². The van der Waals surface area contributed by atoms with Crippen molar-refractivity contribution in [3.63, 3.8) is 0 Å². The van der Waals surface area contributed by atoms with Crippen molar-refractivity contribution in [3.8, 4) is 5.75 Å². The van der Waals surface area contributed by atoms with Crippen molar-refractivity contribution >= 4 is 39.6 Å². The third-order valence-electron chi connectivity index (χ3n) is 4.08. The first-order valence-electron chi connectivity index (χ1n) is 9.08. The van der Waals surface area contributed by atoms with Gasteiger partial charge in [-0.15, -0.1) is 22.7 Å². The standard InChI is InChI=1S/C21H22N2O4S2/c1-13(2)7-15-10-29-20(18(15)21(25)26-3)23-19(24)14-5-4-6-17(8-14)27-9-16-11-28-12-22-16/h4-6,8,10-13H,7,9H2,1-3H3,(H,23,24). The maximum Gasteiger partial charge on any atom is 0.341 e. The topological polar surface area (TPSA) is 77.5 Å². The van der Waals surface area contributed by atoms with Crippen molar-refractivity contribution in [2.75, 3.05) is 12.4 Å². The zero-order chi connectivity index (χ0) is 20.8. The minimum absolute atomic E-state index is 0.313. The lowest BCUT2D eigenvalue weighted by Crippen LogP contribution is -2.15. The molecule has 0 unspecified atom stereocenters. The van der Waals surface area contributed by atoms with E-state index >= 15 is 0 Å². The molecule has 6 nitrogen and oxygen atoms in total. The molecule has 1 aromatic carbocycles. The predicted molar refractivity (Wildman–Crippen MR) is 115 cm³/mol. The molecule has 0 radical (unpaired) electrons. The van der Waals surface area contributed by atoms with E-state index in [-0.39, 0.29) is 5.91 Å². The van der Waals surface area contributed by atoms with Gasteiger partial charge in [0.15, 0.2) is 0 Å². The van der Waals surface area contributed by atoms with Crippen molar-refractivity contribution in [2.24, 2.45) is 5.92 Å². The summed E-state index contributed by atoms with van der Waals surface area (Å²) in [6, 6.07) is 6.91. The second-order valence-corrected chi connectivity index (χ2v) is 8.40. The summed E-state index contributed by atoms with van der Waals surface area (Å²) in [5.74, 6) is 0.193. The Morgan fingerprint density at radius 3 is 2.76 bits per heavy atom. The number of esters is 1. The van der Waals surface area contributed by atoms with E-state index in [9.17, 15) is 9.59 Å². The predicted octanol–water partition coefficient (Wildman–Crippen LogP) is 5.02. The van der Waals surface area contributed by atoms with Crippen LogP contribution < -0.4 is 10.1 Å². The number of carbonyl (C=O) groups is 2. The third-order valence-corrected chi connectivity index (χ3v) is 5.66. The first-order valence-corrected chi connectivity index (χ1v) is 10.9. The van der Waals surface area contributed by atoms with Gasteiger partial charge in [-0.3, -0.25) is 4.79 Å². The number of amides is 1. The Morgan fingerprint density at radius 1 is 1.24 bits per heavy atom. The molecule has 0 aliphatic heterocycles. The Morgan fingerprint density at radius 2 is 2.07 bits per heavy atom. The second kappa shape index (κ2) is 9.67. The molecule has 0 saturated heterocycles. The molecule has 0 saturated carbocycles. The van der Waals surface area contributed by atoms with E-state index in [1.807, 2.05) is 10.8 Å². The molecule has 3 aromatic rings. The smallest absolute Gasteiger partial charge is 0.341 e. The highest BCUT2D eigenvalue weighted by Gasteiger charge is 2.22. The van der Waals surface area contributed by atoms with E-state index in [4.69, 9.17) is 9.47 Å². The van der Waals surface area contributed by atoms with Gasteiger partial charge in [0.25, 0.3) is 5.91 Å². The van der Waals surface area contributed by atoms with E-state index in [1.165, 1.54) is 29.8 Å². The van der Waals surface area contributed by atoms with Gasteiger partial charge in [0, 0.05) is 10.9 Å². The van der Waals surface area contributed by atoms with E-state index in [0.717, 1.165) is 17.7 Å². The van der Waals surface area contributed by atoms with Crippen LogP contribution in [0.4, 0.5) is 5.00 Å². The summed E-state index contributed by atoms with van der Waals surface area (Å²) in [6.45, 7) is 4.49. The Kier molecular flexibility index (Phi) is 7.00. The molecule has 3 rings (SSSR count). The molecule has 152 valence electrons. The van der Waals surface area contributed by atoms with Crippen LogP contribution in [-0.4, -0.2) is 24.0 Å². The minimum atomic E-state index is -0.447. The first-order chi connectivity index (χ1) is 14.0. The number of thiazole rings is 1. The van der Waals surface area contributed by atoms with Crippen LogP contribution in [0.3, 0.4) is 0 Å². The number of nitrogens with zero attached hydrogens (tertiary/aromatic N) is 1. The maximum atomic E-state index is 12.8. The molecule has 0 spiro atoms. The maximum absolute atomic E-state index is 12.8. The molecule has 2 aromatic heterocycles. The van der Waals surface area contributed by atoms with Gasteiger partial charge < -0.3 is 14.8 Å². The normalized spacial score (nSPS) is 10.8. The molecule has 1 amide bonds. The fourth-order valence-electron chi connectivity index (χ4n) is 2.77. The SMILES string of the molecule is COC(=O)c1c(CC(C)C)csc1NC(=O)c1cccc(OCc2cscn2)c1. The Balaban J connectivity index is 1.75. The van der Waals surface area contributed by atoms with Crippen LogP contribution in [0.1, 0.15) is 45.8 Å². The van der Waals surface area contributed by atoms with Crippen LogP contribution in [0, 0.1) is 5.92 Å². The molecule has 1 N–H and O–H groups in total. The summed E-state index contributed by atoms with van der Waals surface area (Å²) in [5, 5.41) is 7.15. The van der Waals surface area contributed by atoms with Gasteiger partial charge in [0.2, 0.25) is 0 Å². The van der Waals surface area contributed by atoms with Gasteiger partial charge >= 0.3 is 5.97 Å². The summed E-state index contributed by atoms with van der Waals surface area (Å²) in [6.07, 6.45) is 0.733. The number of ether oxygens (including phenoxy) is 2. The van der Waals surface area contributed by atoms with Crippen molar-refractivity contribution in [2.45, 2.75) is 26.9 Å². The van der Waals surface area contributed by atoms with E-state index in [0.29, 0.717) is 34.4 Å². The molecule has 8 heteroatoms. The van der Waals surface area contributed by atoms with Crippen LogP contribution in [-0.2, 0) is 17.8 Å². The fraction of sp³-hybridized carbons (Fsp3) is 0.286. The zero-order valence-corrected chi connectivity index (χ0v) is 18.1. The van der Waals surface area contributed by atoms with Crippen molar-refractivity contribution in [3.05, 3.63) is 62.9 Å². The van der Waals surface area contributed by atoms with Gasteiger partial charge in [0.05, 0.1) is 23.9 Å². The van der Waals surface area contributed by atoms with Crippen molar-refractivity contribution in [1.29, 1.82) is 0 Å². The molecule has 0 aliphatic rings. The molecule has 2 heterocycles. The number of hydrogen-bond donors (Lipinski definition) is 1. The van der Waals surface area contributed by atoms with Crippen LogP contribution in [0.25, 0.3) is 0 Å². The zero-order valence-electron chi connectivity index (χ0n) is 16.4. The van der Waals surface area contributed by atoms with Gasteiger partial charge in [-0.05, 0) is 41.5 Å². The number of nitrogens with one attached hydrogen (secondary N) is 1. The summed E-state index contributed by atoms with van der Waals surface area (Å²) in [5.41, 5.74) is 4.33. The minimum Gasteiger partial charge on any atom is -0.487 e. The summed E-state index contributed by atoms with van der Waals surface area (Å²) in [4.78, 5) is 29.2. The number of rotatable bonds is 8. The van der Waals surface area contributed by atoms with Gasteiger partial charge in [-0.1, -0.05) is 19.9 Å². The molecule has 0 bridgehead atoms. The summed E-state index contributed by atoms with van der Waals surface area (Å²) in [7, 11) is 1.34. The number of methoxy groups -OCH3 is 1. The van der Waals surface area contributed by atoms with Crippen LogP contribution in [0.2, 0.25) is 0 Å². The van der Waals surface area contributed by atoms with E-state index < -0.39 is 5.97 Å². The van der Waals surface area contributed by atoms with Crippen LogP contribution in [0.5, 0.6) is 5.75 Å². The fourth-order valence-corrected chi connectivity index (χ4v) is 4.27. The van der Waals surface area contributed by atoms with E-state index in [2.05, 4.69) is 24.1 Å². The first kappa shape index (κ1) is 21.0. The number of anilines is 1. The molecular weight excluding hydrogens is 408 g/mol. The monoisotopic (exact) mass is 430 g/mol. The number of benzene rings is 1. The highest BCUT2D eigenvalue weighted by Crippen LogP contribution is 2.31. The highest BCUT2D eigenvalue weighted by molar-refractivity contribution is 7.15. The average molecular weight is 431 g/mol. The molecule has 0 aliphatic carbocycles. The Labute approximate surface area is 177 Å². The molecular formula is C21H22N2O4S2. The number of carbonyl (C=O) groups excluding carboxylic acids is 2. The summed E-state index contributed by atoms with van der Waals surface area (Å²) >= 11 is 2.83. The van der Waals surface area contributed by atoms with Crippen molar-refractivity contribution < 1.29 is 19.1 Å². The molecule has 0 fully saturated rings. The average Bonchev–Trinajstić information content (AvgIpc) is 3.36. The van der Waals surface area contributed by atoms with Gasteiger partial charge in [0.1, 0.15) is 17.4 Å². The molecule has 29 heavy (non-hydrogen) atoms. The lowest BCUT2D eigenvalue weighted by molar-refractivity contribution is 0.0601. The largest absolute Gasteiger partial charge is 0.487 e. The second-order valence-electron chi connectivity index (χ2n) is 6.81. The lowest BCUT2D eigenvalue weighted by Gasteiger charge is -2.10. The van der Waals surface area contributed by atoms with Crippen molar-refractivity contribution in [1.82, 2.24) is 4.98 Å². The lowest BCUT2D eigenvalue weighted by atomic mass is 10.0. The quantitative estimate of drug-likeness (QED) is 0.508. The number of hydrogen-bond acceptors (Lipinski definition) is 7. The molecule has 0 atom stereocenters.